The summed E-state index contributed by atoms with van der Waals surface area (Å²) in [4.78, 5) is 13.3. The van der Waals surface area contributed by atoms with Crippen molar-refractivity contribution in [3.8, 4) is 0 Å². The highest BCUT2D eigenvalue weighted by molar-refractivity contribution is 5.80. The zero-order valence-corrected chi connectivity index (χ0v) is 7.20. The molecule has 2 N–H and O–H groups in total. The maximum atomic E-state index is 11.1. The molecule has 1 saturated heterocycles. The van der Waals surface area contributed by atoms with E-state index in [-0.39, 0.29) is 11.9 Å². The molecule has 12 heavy (non-hydrogen) atoms. The fraction of sp³-hybridized carbons (Fsp3) is 0.778. The van der Waals surface area contributed by atoms with Gasteiger partial charge in [-0.2, -0.15) is 0 Å². The first-order chi connectivity index (χ1) is 5.79. The minimum absolute atomic E-state index is 0.00810. The third-order valence-corrected chi connectivity index (χ3v) is 2.73. The molecule has 1 saturated carbocycles. The molecule has 67 valence electrons. The first kappa shape index (κ1) is 8.05. The van der Waals surface area contributed by atoms with E-state index in [1.54, 1.807) is 0 Å². The zero-order chi connectivity index (χ0) is 8.55. The molecule has 0 aromatic rings. The normalized spacial score (nSPS) is 31.8. The van der Waals surface area contributed by atoms with Crippen LogP contribution >= 0.6 is 0 Å². The first-order valence-corrected chi connectivity index (χ1v) is 4.66. The predicted octanol–water partition coefficient (Wildman–Crippen LogP) is 0.303. The van der Waals surface area contributed by atoms with Gasteiger partial charge < -0.3 is 5.73 Å². The molecule has 0 bridgehead atoms. The summed E-state index contributed by atoms with van der Waals surface area (Å²) in [5.74, 6) is -0.155. The second-order valence-corrected chi connectivity index (χ2v) is 3.70. The van der Waals surface area contributed by atoms with Crippen LogP contribution in [-0.2, 0) is 4.79 Å². The van der Waals surface area contributed by atoms with Crippen LogP contribution in [0.2, 0.25) is 0 Å². The van der Waals surface area contributed by atoms with Crippen LogP contribution in [0.4, 0.5) is 0 Å². The number of piperidine rings is 1. The molecule has 2 fully saturated rings. The number of carbonyl (C=O) groups excluding carboxylic acids is 1. The molecule has 3 heteroatoms. The number of likely N-dealkylation sites (tertiary alicyclic amines) is 1. The van der Waals surface area contributed by atoms with Crippen molar-refractivity contribution in [2.24, 2.45) is 5.73 Å². The Kier molecular flexibility index (Phi) is 2.05. The van der Waals surface area contributed by atoms with E-state index in [1.165, 1.54) is 12.8 Å². The highest BCUT2D eigenvalue weighted by atomic mass is 16.1. The third kappa shape index (κ3) is 1.46. The predicted molar refractivity (Wildman–Crippen MR) is 46.2 cm³/mol. The molecule has 1 radical (unpaired) electrons. The van der Waals surface area contributed by atoms with Crippen molar-refractivity contribution in [1.29, 1.82) is 0 Å². The molecular formula is C9H15N2O. The van der Waals surface area contributed by atoms with Crippen LogP contribution in [0, 0.1) is 6.42 Å². The molecule has 1 aliphatic heterocycles. The minimum Gasteiger partial charge on any atom is -0.368 e. The van der Waals surface area contributed by atoms with Gasteiger partial charge in [0.2, 0.25) is 5.91 Å². The maximum Gasteiger partial charge on any atom is 0.234 e. The number of amides is 1. The molecule has 1 heterocycles. The minimum atomic E-state index is -0.155. The summed E-state index contributed by atoms with van der Waals surface area (Å²) in [7, 11) is 0. The molecule has 1 unspecified atom stereocenters. The summed E-state index contributed by atoms with van der Waals surface area (Å²) in [6.45, 7) is 1.03. The quantitative estimate of drug-likeness (QED) is 0.643. The monoisotopic (exact) mass is 167 g/mol. The number of hydrogen-bond donors (Lipinski definition) is 1. The summed E-state index contributed by atoms with van der Waals surface area (Å²) in [6.07, 6.45) is 6.65. The molecule has 1 amide bonds. The lowest BCUT2D eigenvalue weighted by atomic mass is 10.0. The molecule has 3 nitrogen and oxygen atoms in total. The Balaban J connectivity index is 2.00. The largest absolute Gasteiger partial charge is 0.368 e. The van der Waals surface area contributed by atoms with Gasteiger partial charge in [-0.25, -0.2) is 0 Å². The lowest BCUT2D eigenvalue weighted by Crippen LogP contribution is -2.48. The molecule has 0 spiro atoms. The van der Waals surface area contributed by atoms with E-state index in [0.717, 1.165) is 19.4 Å². The Hall–Kier alpha value is -0.570. The molecular weight excluding hydrogens is 152 g/mol. The number of nitrogens with two attached hydrogens (primary N) is 1. The van der Waals surface area contributed by atoms with Crippen LogP contribution in [0.3, 0.4) is 0 Å². The second kappa shape index (κ2) is 3.05. The SMILES string of the molecule is NC(=O)C1C[CH]CCN1C1CC1. The number of carbonyl (C=O) groups is 1. The Morgan fingerprint density at radius 1 is 1.50 bits per heavy atom. The van der Waals surface area contributed by atoms with Crippen molar-refractivity contribution >= 4 is 5.91 Å². The zero-order valence-electron chi connectivity index (χ0n) is 7.20. The third-order valence-electron chi connectivity index (χ3n) is 2.73. The highest BCUT2D eigenvalue weighted by Crippen LogP contribution is 2.32. The number of nitrogens with zero attached hydrogens (tertiary/aromatic N) is 1. The summed E-state index contributed by atoms with van der Waals surface area (Å²) in [5, 5.41) is 0. The van der Waals surface area contributed by atoms with Crippen LogP contribution in [0.25, 0.3) is 0 Å². The average molecular weight is 167 g/mol. The molecule has 0 aromatic carbocycles. The van der Waals surface area contributed by atoms with Crippen LogP contribution in [-0.4, -0.2) is 29.4 Å². The van der Waals surface area contributed by atoms with Crippen LogP contribution in [0.5, 0.6) is 0 Å². The van der Waals surface area contributed by atoms with Gasteiger partial charge in [0.1, 0.15) is 0 Å². The van der Waals surface area contributed by atoms with Gasteiger partial charge in [0.05, 0.1) is 6.04 Å². The Morgan fingerprint density at radius 3 is 2.83 bits per heavy atom. The van der Waals surface area contributed by atoms with Crippen molar-refractivity contribution in [3.05, 3.63) is 6.42 Å². The average Bonchev–Trinajstić information content (AvgIpc) is 2.87. The van der Waals surface area contributed by atoms with E-state index in [4.69, 9.17) is 5.73 Å². The molecule has 1 aliphatic carbocycles. The summed E-state index contributed by atoms with van der Waals surface area (Å²) in [6, 6.07) is 0.655. The topological polar surface area (TPSA) is 46.3 Å². The van der Waals surface area contributed by atoms with Crippen molar-refractivity contribution in [2.45, 2.75) is 37.8 Å². The molecule has 2 rings (SSSR count). The summed E-state index contributed by atoms with van der Waals surface area (Å²) in [5.41, 5.74) is 5.32. The maximum absolute atomic E-state index is 11.1. The number of primary amides is 1. The van der Waals surface area contributed by atoms with Crippen molar-refractivity contribution in [2.75, 3.05) is 6.54 Å². The van der Waals surface area contributed by atoms with Gasteiger partial charge in [-0.3, -0.25) is 9.69 Å². The van der Waals surface area contributed by atoms with Gasteiger partial charge in [0.25, 0.3) is 0 Å². The van der Waals surface area contributed by atoms with E-state index in [0.29, 0.717) is 6.04 Å². The van der Waals surface area contributed by atoms with Gasteiger partial charge >= 0.3 is 0 Å². The van der Waals surface area contributed by atoms with Gasteiger partial charge in [-0.05, 0) is 38.6 Å². The molecule has 1 atom stereocenters. The van der Waals surface area contributed by atoms with Crippen molar-refractivity contribution in [1.82, 2.24) is 4.90 Å². The molecule has 0 aromatic heterocycles. The lowest BCUT2D eigenvalue weighted by Gasteiger charge is -2.33. The van der Waals surface area contributed by atoms with E-state index in [1.807, 2.05) is 0 Å². The summed E-state index contributed by atoms with van der Waals surface area (Å²) >= 11 is 0. The Labute approximate surface area is 72.9 Å². The first-order valence-electron chi connectivity index (χ1n) is 4.66. The number of rotatable bonds is 2. The number of hydrogen-bond acceptors (Lipinski definition) is 2. The van der Waals surface area contributed by atoms with Gasteiger partial charge in [0, 0.05) is 6.04 Å². The van der Waals surface area contributed by atoms with Crippen LogP contribution < -0.4 is 5.73 Å². The second-order valence-electron chi connectivity index (χ2n) is 3.70. The standard InChI is InChI=1S/C9H15N2O/c10-9(12)8-3-1-2-6-11(8)7-4-5-7/h1,7-8H,2-6H2,(H2,10,12). The summed E-state index contributed by atoms with van der Waals surface area (Å²) < 4.78 is 0. The van der Waals surface area contributed by atoms with Gasteiger partial charge in [-0.1, -0.05) is 0 Å². The Morgan fingerprint density at radius 2 is 2.25 bits per heavy atom. The van der Waals surface area contributed by atoms with E-state index in [9.17, 15) is 4.79 Å². The van der Waals surface area contributed by atoms with Crippen LogP contribution in [0.1, 0.15) is 25.7 Å². The van der Waals surface area contributed by atoms with E-state index < -0.39 is 0 Å². The lowest BCUT2D eigenvalue weighted by molar-refractivity contribution is -0.124. The van der Waals surface area contributed by atoms with Crippen LogP contribution in [0.15, 0.2) is 0 Å². The van der Waals surface area contributed by atoms with Gasteiger partial charge in [-0.15, -0.1) is 0 Å². The smallest absolute Gasteiger partial charge is 0.234 e. The fourth-order valence-corrected chi connectivity index (χ4v) is 1.93. The van der Waals surface area contributed by atoms with Crippen molar-refractivity contribution < 1.29 is 4.79 Å². The van der Waals surface area contributed by atoms with Gasteiger partial charge in [0.15, 0.2) is 0 Å². The van der Waals surface area contributed by atoms with Crippen molar-refractivity contribution in [3.63, 3.8) is 0 Å². The van der Waals surface area contributed by atoms with E-state index in [2.05, 4.69) is 11.3 Å². The highest BCUT2D eigenvalue weighted by Gasteiger charge is 2.37. The molecule has 2 aliphatic rings. The fourth-order valence-electron chi connectivity index (χ4n) is 1.93. The Bertz CT molecular complexity index is 189. The van der Waals surface area contributed by atoms with E-state index >= 15 is 0 Å².